The van der Waals surface area contributed by atoms with Crippen molar-refractivity contribution in [3.63, 3.8) is 0 Å². The molecule has 0 aromatic rings. The monoisotopic (exact) mass is 267 g/mol. The molecule has 0 spiro atoms. The van der Waals surface area contributed by atoms with Crippen LogP contribution in [0.4, 0.5) is 0 Å². The summed E-state index contributed by atoms with van der Waals surface area (Å²) in [5.41, 5.74) is 6.32. The van der Waals surface area contributed by atoms with Gasteiger partial charge in [0.2, 0.25) is 0 Å². The molecule has 3 aliphatic rings. The van der Waals surface area contributed by atoms with Crippen LogP contribution >= 0.6 is 0 Å². The van der Waals surface area contributed by atoms with Crippen LogP contribution in [-0.4, -0.2) is 67.3 Å². The summed E-state index contributed by atoms with van der Waals surface area (Å²) in [6.45, 7) is 7.33. The molecule has 4 unspecified atom stereocenters. The smallest absolute Gasteiger partial charge is 0.0513 e. The summed E-state index contributed by atoms with van der Waals surface area (Å²) < 4.78 is 5.62. The third-order valence-electron chi connectivity index (χ3n) is 6.09. The van der Waals surface area contributed by atoms with Gasteiger partial charge in [0.15, 0.2) is 0 Å². The van der Waals surface area contributed by atoms with Crippen molar-refractivity contribution in [3.05, 3.63) is 0 Å². The van der Waals surface area contributed by atoms with Gasteiger partial charge in [-0.3, -0.25) is 9.80 Å². The fraction of sp³-hybridized carbons (Fsp3) is 1.00. The standard InChI is InChI=1S/C15H29N3O/c1-15(11-16,12-6-8-19-10-12)18-7-5-13-3-4-14(9-18)17(13)2/h12-14H,3-11,16H2,1-2H3. The zero-order valence-corrected chi connectivity index (χ0v) is 12.5. The van der Waals surface area contributed by atoms with Crippen molar-refractivity contribution in [1.29, 1.82) is 0 Å². The van der Waals surface area contributed by atoms with Gasteiger partial charge in [0.25, 0.3) is 0 Å². The number of likely N-dealkylation sites (N-methyl/N-ethyl adjacent to an activating group) is 1. The first kappa shape index (κ1) is 13.8. The molecule has 3 rings (SSSR count). The van der Waals surface area contributed by atoms with E-state index in [0.717, 1.165) is 31.8 Å². The van der Waals surface area contributed by atoms with Crippen LogP contribution < -0.4 is 5.73 Å². The van der Waals surface area contributed by atoms with E-state index in [1.807, 2.05) is 0 Å². The second-order valence-corrected chi connectivity index (χ2v) is 6.91. The number of nitrogens with two attached hydrogens (primary N) is 1. The highest BCUT2D eigenvalue weighted by Gasteiger charge is 2.44. The van der Waals surface area contributed by atoms with E-state index >= 15 is 0 Å². The zero-order chi connectivity index (χ0) is 13.5. The first-order valence-electron chi connectivity index (χ1n) is 7.90. The van der Waals surface area contributed by atoms with E-state index in [4.69, 9.17) is 10.5 Å². The topological polar surface area (TPSA) is 41.7 Å². The average Bonchev–Trinajstić information content (AvgIpc) is 2.99. The molecule has 0 amide bonds. The number of rotatable bonds is 3. The predicted molar refractivity (Wildman–Crippen MR) is 77.1 cm³/mol. The molecule has 19 heavy (non-hydrogen) atoms. The van der Waals surface area contributed by atoms with E-state index in [1.165, 1.54) is 38.8 Å². The Bertz CT molecular complexity index is 319. The fourth-order valence-electron chi connectivity index (χ4n) is 4.35. The minimum absolute atomic E-state index is 0.127. The number of ether oxygens (including phenoxy) is 1. The van der Waals surface area contributed by atoms with Gasteiger partial charge in [0.05, 0.1) is 6.61 Å². The van der Waals surface area contributed by atoms with Crippen molar-refractivity contribution in [1.82, 2.24) is 9.80 Å². The Morgan fingerprint density at radius 2 is 2.00 bits per heavy atom. The lowest BCUT2D eigenvalue weighted by Crippen LogP contribution is -2.58. The van der Waals surface area contributed by atoms with Gasteiger partial charge in [-0.25, -0.2) is 0 Å². The molecule has 110 valence electrons. The summed E-state index contributed by atoms with van der Waals surface area (Å²) in [6.07, 6.45) is 5.23. The summed E-state index contributed by atoms with van der Waals surface area (Å²) >= 11 is 0. The highest BCUT2D eigenvalue weighted by atomic mass is 16.5. The van der Waals surface area contributed by atoms with Crippen molar-refractivity contribution in [2.45, 2.75) is 50.2 Å². The number of nitrogens with zero attached hydrogens (tertiary/aromatic N) is 2. The predicted octanol–water partition coefficient (Wildman–Crippen LogP) is 0.909. The lowest BCUT2D eigenvalue weighted by atomic mass is 9.82. The molecule has 3 saturated heterocycles. The molecule has 4 atom stereocenters. The average molecular weight is 267 g/mol. The second kappa shape index (κ2) is 5.32. The second-order valence-electron chi connectivity index (χ2n) is 6.91. The van der Waals surface area contributed by atoms with Gasteiger partial charge in [0.1, 0.15) is 0 Å². The summed E-state index contributed by atoms with van der Waals surface area (Å²) in [7, 11) is 2.31. The number of likely N-dealkylation sites (tertiary alicyclic amines) is 1. The summed E-state index contributed by atoms with van der Waals surface area (Å²) in [4.78, 5) is 5.30. The van der Waals surface area contributed by atoms with Crippen molar-refractivity contribution >= 4 is 0 Å². The van der Waals surface area contributed by atoms with E-state index in [9.17, 15) is 0 Å². The van der Waals surface area contributed by atoms with Gasteiger partial charge in [0, 0.05) is 49.8 Å². The van der Waals surface area contributed by atoms with Crippen molar-refractivity contribution in [3.8, 4) is 0 Å². The lowest BCUT2D eigenvalue weighted by Gasteiger charge is -2.45. The molecule has 2 bridgehead atoms. The minimum atomic E-state index is 0.127. The van der Waals surface area contributed by atoms with Crippen molar-refractivity contribution in [2.75, 3.05) is 39.9 Å². The van der Waals surface area contributed by atoms with E-state index in [-0.39, 0.29) is 5.54 Å². The lowest BCUT2D eigenvalue weighted by molar-refractivity contribution is 0.0383. The molecule has 3 heterocycles. The molecule has 0 aromatic heterocycles. The molecule has 4 heteroatoms. The Labute approximate surface area is 117 Å². The maximum Gasteiger partial charge on any atom is 0.0513 e. The van der Waals surface area contributed by atoms with Crippen LogP contribution in [0.15, 0.2) is 0 Å². The van der Waals surface area contributed by atoms with E-state index < -0.39 is 0 Å². The molecule has 3 aliphatic heterocycles. The molecule has 0 saturated carbocycles. The van der Waals surface area contributed by atoms with E-state index in [0.29, 0.717) is 5.92 Å². The molecular formula is C15H29N3O. The molecular weight excluding hydrogens is 238 g/mol. The van der Waals surface area contributed by atoms with Gasteiger partial charge >= 0.3 is 0 Å². The van der Waals surface area contributed by atoms with Gasteiger partial charge in [-0.05, 0) is 39.7 Å². The van der Waals surface area contributed by atoms with Gasteiger partial charge in [-0.2, -0.15) is 0 Å². The van der Waals surface area contributed by atoms with E-state index in [2.05, 4.69) is 23.8 Å². The Balaban J connectivity index is 1.76. The number of hydrogen-bond acceptors (Lipinski definition) is 4. The third-order valence-corrected chi connectivity index (χ3v) is 6.09. The van der Waals surface area contributed by atoms with Crippen LogP contribution in [0.1, 0.15) is 32.6 Å². The van der Waals surface area contributed by atoms with Crippen LogP contribution in [0.5, 0.6) is 0 Å². The highest BCUT2D eigenvalue weighted by Crippen LogP contribution is 2.36. The third kappa shape index (κ3) is 2.33. The van der Waals surface area contributed by atoms with Gasteiger partial charge < -0.3 is 10.5 Å². The van der Waals surface area contributed by atoms with Crippen molar-refractivity contribution in [2.24, 2.45) is 11.7 Å². The van der Waals surface area contributed by atoms with Crippen molar-refractivity contribution < 1.29 is 4.74 Å². The fourth-order valence-corrected chi connectivity index (χ4v) is 4.35. The number of fused-ring (bicyclic) bond motifs is 2. The summed E-state index contributed by atoms with van der Waals surface area (Å²) in [5.74, 6) is 0.611. The van der Waals surface area contributed by atoms with Crippen LogP contribution in [0.3, 0.4) is 0 Å². The number of hydrogen-bond donors (Lipinski definition) is 1. The normalized spacial score (nSPS) is 40.3. The summed E-state index contributed by atoms with van der Waals surface area (Å²) in [5, 5.41) is 0. The first-order chi connectivity index (χ1) is 9.15. The van der Waals surface area contributed by atoms with Crippen LogP contribution in [0.25, 0.3) is 0 Å². The molecule has 4 nitrogen and oxygen atoms in total. The Morgan fingerprint density at radius 1 is 1.21 bits per heavy atom. The molecule has 3 fully saturated rings. The van der Waals surface area contributed by atoms with Gasteiger partial charge in [-0.15, -0.1) is 0 Å². The Morgan fingerprint density at radius 3 is 2.68 bits per heavy atom. The zero-order valence-electron chi connectivity index (χ0n) is 12.5. The quantitative estimate of drug-likeness (QED) is 0.825. The largest absolute Gasteiger partial charge is 0.381 e. The van der Waals surface area contributed by atoms with E-state index in [1.54, 1.807) is 0 Å². The molecule has 0 aliphatic carbocycles. The van der Waals surface area contributed by atoms with Gasteiger partial charge in [-0.1, -0.05) is 0 Å². The molecule has 0 aromatic carbocycles. The first-order valence-corrected chi connectivity index (χ1v) is 7.90. The molecule has 0 radical (unpaired) electrons. The molecule has 2 N–H and O–H groups in total. The Kier molecular flexibility index (Phi) is 3.87. The van der Waals surface area contributed by atoms with Crippen LogP contribution in [0.2, 0.25) is 0 Å². The maximum atomic E-state index is 6.19. The minimum Gasteiger partial charge on any atom is -0.381 e. The Hall–Kier alpha value is -0.160. The SMILES string of the molecule is CN1C2CCC1CN(C(C)(CN)C1CCOC1)CC2. The summed E-state index contributed by atoms with van der Waals surface area (Å²) in [6, 6.07) is 1.54. The van der Waals surface area contributed by atoms with Crippen LogP contribution in [-0.2, 0) is 4.74 Å². The highest BCUT2D eigenvalue weighted by molar-refractivity contribution is 5.00. The van der Waals surface area contributed by atoms with Crippen LogP contribution in [0, 0.1) is 5.92 Å². The maximum absolute atomic E-state index is 6.19.